The number of nitrogens with zero attached hydrogens (tertiary/aromatic N) is 1. The summed E-state index contributed by atoms with van der Waals surface area (Å²) in [5.74, 6) is 0.791. The molecule has 0 fully saturated rings. The summed E-state index contributed by atoms with van der Waals surface area (Å²) in [6.07, 6.45) is 2.56. The van der Waals surface area contributed by atoms with Gasteiger partial charge in [-0.1, -0.05) is 23.8 Å². The van der Waals surface area contributed by atoms with E-state index < -0.39 is 0 Å². The highest BCUT2D eigenvalue weighted by Crippen LogP contribution is 2.16. The number of ether oxygens (including phenoxy) is 1. The van der Waals surface area contributed by atoms with Crippen molar-refractivity contribution in [3.8, 4) is 5.75 Å². The Morgan fingerprint density at radius 3 is 2.65 bits per heavy atom. The summed E-state index contributed by atoms with van der Waals surface area (Å²) in [6, 6.07) is 10.5. The van der Waals surface area contributed by atoms with Crippen molar-refractivity contribution in [2.75, 3.05) is 0 Å². The molecule has 0 aliphatic heterocycles. The second-order valence-corrected chi connectivity index (χ2v) is 5.39. The van der Waals surface area contributed by atoms with Crippen LogP contribution in [0.5, 0.6) is 5.75 Å². The number of hydrogen-bond donors (Lipinski definition) is 1. The predicted molar refractivity (Wildman–Crippen MR) is 81.8 cm³/mol. The summed E-state index contributed by atoms with van der Waals surface area (Å²) in [4.78, 5) is 4.37. The van der Waals surface area contributed by atoms with Gasteiger partial charge in [0, 0.05) is 18.2 Å². The van der Waals surface area contributed by atoms with Gasteiger partial charge in [-0.3, -0.25) is 4.98 Å². The lowest BCUT2D eigenvalue weighted by molar-refractivity contribution is 0.304. The molecule has 0 saturated heterocycles. The van der Waals surface area contributed by atoms with E-state index in [0.29, 0.717) is 6.61 Å². The Morgan fingerprint density at radius 1 is 1.20 bits per heavy atom. The normalized spacial score (nSPS) is 12.2. The van der Waals surface area contributed by atoms with Gasteiger partial charge in [0.25, 0.3) is 0 Å². The van der Waals surface area contributed by atoms with Crippen LogP contribution in [0.2, 0.25) is 0 Å². The van der Waals surface area contributed by atoms with Crippen LogP contribution in [0.25, 0.3) is 0 Å². The Labute approximate surface area is 120 Å². The van der Waals surface area contributed by atoms with E-state index in [1.807, 2.05) is 19.1 Å². The monoisotopic (exact) mass is 270 g/mol. The molecule has 1 aromatic heterocycles. The first-order valence-corrected chi connectivity index (χ1v) is 6.94. The van der Waals surface area contributed by atoms with Crippen molar-refractivity contribution in [2.45, 2.75) is 39.8 Å². The van der Waals surface area contributed by atoms with Gasteiger partial charge in [-0.2, -0.15) is 0 Å². The number of rotatable bonds is 5. The first kappa shape index (κ1) is 14.5. The zero-order valence-corrected chi connectivity index (χ0v) is 12.4. The number of hydrogen-bond acceptors (Lipinski definition) is 3. The van der Waals surface area contributed by atoms with E-state index in [-0.39, 0.29) is 6.04 Å². The first-order chi connectivity index (χ1) is 9.54. The van der Waals surface area contributed by atoms with Crippen molar-refractivity contribution in [2.24, 2.45) is 5.73 Å². The molecular weight excluding hydrogens is 248 g/mol. The van der Waals surface area contributed by atoms with E-state index in [0.717, 1.165) is 17.9 Å². The van der Waals surface area contributed by atoms with Crippen LogP contribution >= 0.6 is 0 Å². The summed E-state index contributed by atoms with van der Waals surface area (Å²) in [5, 5.41) is 0. The van der Waals surface area contributed by atoms with Gasteiger partial charge in [0.05, 0.1) is 6.20 Å². The predicted octanol–water partition coefficient (Wildman–Crippen LogP) is 3.17. The van der Waals surface area contributed by atoms with Crippen molar-refractivity contribution in [1.82, 2.24) is 4.98 Å². The Balaban J connectivity index is 1.98. The second-order valence-electron chi connectivity index (χ2n) is 5.39. The second kappa shape index (κ2) is 6.53. The molecule has 0 spiro atoms. The van der Waals surface area contributed by atoms with Crippen LogP contribution in [0, 0.1) is 13.8 Å². The largest absolute Gasteiger partial charge is 0.487 e. The van der Waals surface area contributed by atoms with Gasteiger partial charge in [-0.25, -0.2) is 0 Å². The Morgan fingerprint density at radius 2 is 2.00 bits per heavy atom. The van der Waals surface area contributed by atoms with Gasteiger partial charge in [-0.05, 0) is 44.0 Å². The van der Waals surface area contributed by atoms with Gasteiger partial charge < -0.3 is 10.5 Å². The maximum atomic E-state index is 5.79. The Hall–Kier alpha value is -1.87. The maximum Gasteiger partial charge on any atom is 0.138 e. The number of aryl methyl sites for hydroxylation is 2. The minimum absolute atomic E-state index is 0.129. The number of pyridine rings is 1. The van der Waals surface area contributed by atoms with Crippen molar-refractivity contribution in [3.63, 3.8) is 0 Å². The van der Waals surface area contributed by atoms with E-state index in [4.69, 9.17) is 10.5 Å². The van der Waals surface area contributed by atoms with Crippen LogP contribution in [0.4, 0.5) is 0 Å². The number of aromatic nitrogens is 1. The molecule has 1 heterocycles. The molecule has 0 aliphatic carbocycles. The third kappa shape index (κ3) is 4.07. The van der Waals surface area contributed by atoms with Crippen LogP contribution in [0.1, 0.15) is 29.3 Å². The van der Waals surface area contributed by atoms with E-state index >= 15 is 0 Å². The minimum atomic E-state index is 0.129. The summed E-state index contributed by atoms with van der Waals surface area (Å²) in [7, 11) is 0. The van der Waals surface area contributed by atoms with Gasteiger partial charge in [0.1, 0.15) is 12.4 Å². The highest BCUT2D eigenvalue weighted by molar-refractivity contribution is 5.30. The summed E-state index contributed by atoms with van der Waals surface area (Å²) >= 11 is 0. The summed E-state index contributed by atoms with van der Waals surface area (Å²) in [5.41, 5.74) is 10.5. The van der Waals surface area contributed by atoms with Crippen LogP contribution < -0.4 is 10.5 Å². The molecule has 1 unspecified atom stereocenters. The number of benzene rings is 1. The number of nitrogens with two attached hydrogens (primary N) is 1. The molecule has 0 aliphatic rings. The SMILES string of the molecule is Cc1ccc(C)c(COc2ccc(CC(C)N)nc2)c1. The standard InChI is InChI=1S/C17H22N2O/c1-12-4-5-13(2)15(8-12)11-20-17-7-6-16(19-10-17)9-14(3)18/h4-8,10,14H,9,11,18H2,1-3H3. The van der Waals surface area contributed by atoms with E-state index in [2.05, 4.69) is 37.0 Å². The fourth-order valence-electron chi connectivity index (χ4n) is 2.06. The summed E-state index contributed by atoms with van der Waals surface area (Å²) in [6.45, 7) is 6.74. The smallest absolute Gasteiger partial charge is 0.138 e. The average molecular weight is 270 g/mol. The fraction of sp³-hybridized carbons (Fsp3) is 0.353. The molecule has 3 heteroatoms. The molecule has 20 heavy (non-hydrogen) atoms. The molecule has 2 aromatic rings. The quantitative estimate of drug-likeness (QED) is 0.907. The zero-order chi connectivity index (χ0) is 14.5. The fourth-order valence-corrected chi connectivity index (χ4v) is 2.06. The molecule has 106 valence electrons. The van der Waals surface area contributed by atoms with Gasteiger partial charge in [0.2, 0.25) is 0 Å². The molecule has 0 bridgehead atoms. The molecule has 0 saturated carbocycles. The Bertz CT molecular complexity index is 562. The van der Waals surface area contributed by atoms with Crippen LogP contribution in [0.3, 0.4) is 0 Å². The van der Waals surface area contributed by atoms with Crippen molar-refractivity contribution in [3.05, 3.63) is 58.9 Å². The molecule has 0 amide bonds. The van der Waals surface area contributed by atoms with Crippen molar-refractivity contribution in [1.29, 1.82) is 0 Å². The first-order valence-electron chi connectivity index (χ1n) is 6.94. The van der Waals surface area contributed by atoms with Gasteiger partial charge in [-0.15, -0.1) is 0 Å². The highest BCUT2D eigenvalue weighted by atomic mass is 16.5. The highest BCUT2D eigenvalue weighted by Gasteiger charge is 2.03. The lowest BCUT2D eigenvalue weighted by atomic mass is 10.1. The van der Waals surface area contributed by atoms with E-state index in [9.17, 15) is 0 Å². The third-order valence-electron chi connectivity index (χ3n) is 3.23. The molecule has 2 N–H and O–H groups in total. The average Bonchev–Trinajstić information content (AvgIpc) is 2.41. The van der Waals surface area contributed by atoms with Crippen LogP contribution in [0.15, 0.2) is 36.5 Å². The molecule has 1 atom stereocenters. The molecule has 2 rings (SSSR count). The van der Waals surface area contributed by atoms with Crippen molar-refractivity contribution < 1.29 is 4.74 Å². The van der Waals surface area contributed by atoms with Gasteiger partial charge >= 0.3 is 0 Å². The zero-order valence-electron chi connectivity index (χ0n) is 12.4. The van der Waals surface area contributed by atoms with E-state index in [1.54, 1.807) is 6.20 Å². The Kier molecular flexibility index (Phi) is 4.74. The topological polar surface area (TPSA) is 48.1 Å². The molecule has 1 aromatic carbocycles. The third-order valence-corrected chi connectivity index (χ3v) is 3.23. The lowest BCUT2D eigenvalue weighted by Gasteiger charge is -2.10. The molecule has 0 radical (unpaired) electrons. The molecular formula is C17H22N2O. The minimum Gasteiger partial charge on any atom is -0.487 e. The van der Waals surface area contributed by atoms with Crippen LogP contribution in [-0.2, 0) is 13.0 Å². The van der Waals surface area contributed by atoms with Crippen LogP contribution in [-0.4, -0.2) is 11.0 Å². The van der Waals surface area contributed by atoms with E-state index in [1.165, 1.54) is 16.7 Å². The van der Waals surface area contributed by atoms with Crippen molar-refractivity contribution >= 4 is 0 Å². The summed E-state index contributed by atoms with van der Waals surface area (Å²) < 4.78 is 5.79. The van der Waals surface area contributed by atoms with Gasteiger partial charge in [0.15, 0.2) is 0 Å². The lowest BCUT2D eigenvalue weighted by Crippen LogP contribution is -2.18. The maximum absolute atomic E-state index is 5.79. The molecule has 3 nitrogen and oxygen atoms in total.